The van der Waals surface area contributed by atoms with E-state index in [4.69, 9.17) is 4.98 Å². The van der Waals surface area contributed by atoms with E-state index in [1.807, 2.05) is 18.3 Å². The molecule has 0 spiro atoms. The Morgan fingerprint density at radius 2 is 1.97 bits per heavy atom. The smallest absolute Gasteiger partial charge is 0.153 e. The van der Waals surface area contributed by atoms with Crippen LogP contribution >= 0.6 is 0 Å². The molecule has 2 aliphatic heterocycles. The van der Waals surface area contributed by atoms with Crippen LogP contribution < -0.4 is 5.32 Å². The van der Waals surface area contributed by atoms with Crippen molar-refractivity contribution >= 4 is 21.3 Å². The van der Waals surface area contributed by atoms with Gasteiger partial charge < -0.3 is 5.32 Å². The molecule has 2 aromatic heterocycles. The third kappa shape index (κ3) is 4.14. The van der Waals surface area contributed by atoms with E-state index in [0.29, 0.717) is 11.5 Å². The molecule has 166 valence electrons. The van der Waals surface area contributed by atoms with Crippen molar-refractivity contribution in [3.63, 3.8) is 0 Å². The molecule has 32 heavy (non-hydrogen) atoms. The lowest BCUT2D eigenvalue weighted by atomic mass is 9.96. The van der Waals surface area contributed by atoms with E-state index in [0.717, 1.165) is 54.4 Å². The minimum absolute atomic E-state index is 0.165. The summed E-state index contributed by atoms with van der Waals surface area (Å²) in [7, 11) is -2.81. The Morgan fingerprint density at radius 3 is 2.69 bits per heavy atom. The normalized spacial score (nSPS) is 18.1. The number of fused-ring (bicyclic) bond motifs is 1. The molecule has 1 aromatic carbocycles. The van der Waals surface area contributed by atoms with Crippen LogP contribution in [0.2, 0.25) is 0 Å². The van der Waals surface area contributed by atoms with Crippen LogP contribution in [0.5, 0.6) is 0 Å². The molecular formula is C25H28N4O2S. The molecule has 0 radical (unpaired) electrons. The van der Waals surface area contributed by atoms with Gasteiger partial charge in [-0.25, -0.2) is 13.4 Å². The summed E-state index contributed by atoms with van der Waals surface area (Å²) >= 11 is 0. The van der Waals surface area contributed by atoms with Crippen LogP contribution in [-0.4, -0.2) is 47.4 Å². The summed E-state index contributed by atoms with van der Waals surface area (Å²) in [6.45, 7) is 5.86. The van der Waals surface area contributed by atoms with Gasteiger partial charge in [-0.15, -0.1) is 0 Å². The lowest BCUT2D eigenvalue weighted by Crippen LogP contribution is -2.54. The van der Waals surface area contributed by atoms with Crippen LogP contribution in [0.15, 0.2) is 48.7 Å². The minimum atomic E-state index is -2.81. The van der Waals surface area contributed by atoms with Crippen molar-refractivity contribution < 1.29 is 8.42 Å². The number of nitrogens with one attached hydrogen (secondary N) is 1. The number of rotatable bonds is 5. The van der Waals surface area contributed by atoms with Gasteiger partial charge in [-0.3, -0.25) is 9.88 Å². The Labute approximate surface area is 189 Å². The van der Waals surface area contributed by atoms with Gasteiger partial charge in [0.2, 0.25) is 0 Å². The number of benzene rings is 1. The van der Waals surface area contributed by atoms with Crippen LogP contribution in [-0.2, 0) is 29.2 Å². The molecule has 5 rings (SSSR count). The molecule has 1 fully saturated rings. The first-order chi connectivity index (χ1) is 15.4. The zero-order valence-corrected chi connectivity index (χ0v) is 19.3. The zero-order valence-electron chi connectivity index (χ0n) is 18.5. The van der Waals surface area contributed by atoms with E-state index in [1.165, 1.54) is 16.7 Å². The van der Waals surface area contributed by atoms with Gasteiger partial charge in [0.1, 0.15) is 5.82 Å². The number of sulfone groups is 1. The molecule has 6 nitrogen and oxygen atoms in total. The van der Waals surface area contributed by atoms with Crippen LogP contribution in [0.3, 0.4) is 0 Å². The maximum Gasteiger partial charge on any atom is 0.153 e. The summed E-state index contributed by atoms with van der Waals surface area (Å²) in [5.74, 6) is 1.39. The predicted molar refractivity (Wildman–Crippen MR) is 128 cm³/mol. The van der Waals surface area contributed by atoms with E-state index in [-0.39, 0.29) is 6.04 Å². The highest BCUT2D eigenvalue weighted by Crippen LogP contribution is 2.31. The van der Waals surface area contributed by atoms with E-state index < -0.39 is 9.84 Å². The number of aryl methyl sites for hydroxylation is 2. The van der Waals surface area contributed by atoms with Gasteiger partial charge in [0.25, 0.3) is 0 Å². The molecule has 0 aliphatic carbocycles. The van der Waals surface area contributed by atoms with Crippen LogP contribution in [0, 0.1) is 6.92 Å². The van der Waals surface area contributed by atoms with E-state index in [1.54, 1.807) is 0 Å². The quantitative estimate of drug-likeness (QED) is 0.638. The summed E-state index contributed by atoms with van der Waals surface area (Å²) in [5.41, 5.74) is 7.69. The first-order valence-electron chi connectivity index (χ1n) is 11.2. The van der Waals surface area contributed by atoms with Gasteiger partial charge in [0, 0.05) is 31.0 Å². The molecule has 0 bridgehead atoms. The third-order valence-corrected chi connectivity index (χ3v) is 8.33. The number of hydrogen-bond acceptors (Lipinski definition) is 6. The Morgan fingerprint density at radius 1 is 1.12 bits per heavy atom. The van der Waals surface area contributed by atoms with Crippen molar-refractivity contribution in [1.82, 2.24) is 14.9 Å². The van der Waals surface area contributed by atoms with E-state index >= 15 is 0 Å². The first kappa shape index (κ1) is 21.1. The molecule has 0 amide bonds. The molecule has 1 saturated heterocycles. The first-order valence-corrected chi connectivity index (χ1v) is 13.0. The number of aromatic nitrogens is 2. The molecule has 0 atom stereocenters. The lowest BCUT2D eigenvalue weighted by molar-refractivity contribution is 0.196. The van der Waals surface area contributed by atoms with Crippen molar-refractivity contribution in [1.29, 1.82) is 0 Å². The molecule has 1 N–H and O–H groups in total. The van der Waals surface area contributed by atoms with Crippen molar-refractivity contribution in [2.75, 3.05) is 23.4 Å². The standard InChI is InChI=1S/C25H28N4O2S/c1-3-18-8-9-23(26-13-18)25-17(2)7-10-24(28-25)27-22-6-4-5-19-14-29(12-11-21(19)22)20-15-32(30,31)16-20/h4-10,13,20H,3,11-12,14-16H2,1-2H3,(H,27,28). The van der Waals surface area contributed by atoms with Crippen LogP contribution in [0.1, 0.15) is 29.2 Å². The van der Waals surface area contributed by atoms with Gasteiger partial charge in [0.05, 0.1) is 22.9 Å². The van der Waals surface area contributed by atoms with Gasteiger partial charge >= 0.3 is 0 Å². The second-order valence-corrected chi connectivity index (χ2v) is 10.9. The van der Waals surface area contributed by atoms with Crippen molar-refractivity contribution in [3.8, 4) is 11.4 Å². The van der Waals surface area contributed by atoms with Gasteiger partial charge in [0.15, 0.2) is 9.84 Å². The minimum Gasteiger partial charge on any atom is -0.340 e. The number of anilines is 2. The Hall–Kier alpha value is -2.77. The molecule has 4 heterocycles. The SMILES string of the molecule is CCc1ccc(-c2nc(Nc3cccc4c3CCN(C3CS(=O)(=O)C3)C4)ccc2C)nc1. The Bertz CT molecular complexity index is 1240. The van der Waals surface area contributed by atoms with Gasteiger partial charge in [-0.1, -0.05) is 31.2 Å². The molecule has 0 saturated carbocycles. The molecule has 3 aromatic rings. The second kappa shape index (κ2) is 8.30. The average Bonchev–Trinajstić information content (AvgIpc) is 2.78. The summed E-state index contributed by atoms with van der Waals surface area (Å²) < 4.78 is 23.2. The third-order valence-electron chi connectivity index (χ3n) is 6.54. The maximum absolute atomic E-state index is 11.6. The predicted octanol–water partition coefficient (Wildman–Crippen LogP) is 3.91. The summed E-state index contributed by atoms with van der Waals surface area (Å²) in [6.07, 6.45) is 3.78. The van der Waals surface area contributed by atoms with Crippen LogP contribution in [0.25, 0.3) is 11.4 Å². The molecular weight excluding hydrogens is 420 g/mol. The van der Waals surface area contributed by atoms with Crippen LogP contribution in [0.4, 0.5) is 11.5 Å². The number of nitrogens with zero attached hydrogens (tertiary/aromatic N) is 3. The topological polar surface area (TPSA) is 75.2 Å². The highest BCUT2D eigenvalue weighted by Gasteiger charge is 2.38. The largest absolute Gasteiger partial charge is 0.340 e. The highest BCUT2D eigenvalue weighted by atomic mass is 32.2. The van der Waals surface area contributed by atoms with Crippen molar-refractivity contribution in [2.24, 2.45) is 0 Å². The van der Waals surface area contributed by atoms with Crippen molar-refractivity contribution in [3.05, 3.63) is 70.9 Å². The fraction of sp³-hybridized carbons (Fsp3) is 0.360. The Kier molecular flexibility index (Phi) is 5.47. The molecule has 7 heteroatoms. The summed E-state index contributed by atoms with van der Waals surface area (Å²) in [6, 6.07) is 14.7. The molecule has 0 unspecified atom stereocenters. The maximum atomic E-state index is 11.6. The monoisotopic (exact) mass is 448 g/mol. The zero-order chi connectivity index (χ0) is 22.3. The van der Waals surface area contributed by atoms with Gasteiger partial charge in [-0.05, 0) is 60.2 Å². The summed E-state index contributed by atoms with van der Waals surface area (Å²) in [5, 5.41) is 3.52. The average molecular weight is 449 g/mol. The highest BCUT2D eigenvalue weighted by molar-refractivity contribution is 7.92. The van der Waals surface area contributed by atoms with Crippen molar-refractivity contribution in [2.45, 2.75) is 39.3 Å². The molecule has 2 aliphatic rings. The number of pyridine rings is 2. The van der Waals surface area contributed by atoms with E-state index in [2.05, 4.69) is 59.4 Å². The number of hydrogen-bond donors (Lipinski definition) is 1. The van der Waals surface area contributed by atoms with E-state index in [9.17, 15) is 8.42 Å². The fourth-order valence-electron chi connectivity index (χ4n) is 4.58. The lowest BCUT2D eigenvalue weighted by Gasteiger charge is -2.40. The summed E-state index contributed by atoms with van der Waals surface area (Å²) in [4.78, 5) is 11.8. The second-order valence-electron chi connectivity index (χ2n) is 8.79. The fourth-order valence-corrected chi connectivity index (χ4v) is 6.07. The Balaban J connectivity index is 1.37. The van der Waals surface area contributed by atoms with Gasteiger partial charge in [-0.2, -0.15) is 0 Å².